The van der Waals surface area contributed by atoms with Crippen LogP contribution in [0.2, 0.25) is 0 Å². The SMILES string of the molecule is CCc1cccc(CC)c1NC(=O)N1CCCN1C(=S)NCc1ccco1. The van der Waals surface area contributed by atoms with Crippen molar-refractivity contribution in [3.05, 3.63) is 53.5 Å². The van der Waals surface area contributed by atoms with E-state index in [1.165, 1.54) is 0 Å². The van der Waals surface area contributed by atoms with E-state index in [1.807, 2.05) is 23.2 Å². The van der Waals surface area contributed by atoms with Gasteiger partial charge in [-0.1, -0.05) is 32.0 Å². The van der Waals surface area contributed by atoms with Crippen molar-refractivity contribution >= 4 is 29.0 Å². The number of nitrogens with zero attached hydrogens (tertiary/aromatic N) is 2. The van der Waals surface area contributed by atoms with Gasteiger partial charge in [-0.05, 0) is 54.7 Å². The van der Waals surface area contributed by atoms with Crippen LogP contribution in [0, 0.1) is 0 Å². The lowest BCUT2D eigenvalue weighted by atomic mass is 10.0. The molecule has 2 heterocycles. The molecular formula is C20H26N4O2S. The van der Waals surface area contributed by atoms with Crippen LogP contribution in [0.5, 0.6) is 0 Å². The average molecular weight is 387 g/mol. The van der Waals surface area contributed by atoms with Crippen LogP contribution in [0.3, 0.4) is 0 Å². The molecule has 2 N–H and O–H groups in total. The molecule has 0 bridgehead atoms. The van der Waals surface area contributed by atoms with E-state index in [-0.39, 0.29) is 6.03 Å². The number of hydrogen-bond acceptors (Lipinski definition) is 3. The number of urea groups is 1. The monoisotopic (exact) mass is 386 g/mol. The number of anilines is 1. The number of rotatable bonds is 5. The number of hydrogen-bond donors (Lipinski definition) is 2. The molecule has 27 heavy (non-hydrogen) atoms. The van der Waals surface area contributed by atoms with Crippen LogP contribution in [0.15, 0.2) is 41.0 Å². The summed E-state index contributed by atoms with van der Waals surface area (Å²) < 4.78 is 5.32. The highest BCUT2D eigenvalue weighted by Gasteiger charge is 2.29. The number of para-hydroxylation sites is 1. The van der Waals surface area contributed by atoms with Crippen molar-refractivity contribution < 1.29 is 9.21 Å². The molecular weight excluding hydrogens is 360 g/mol. The number of carbonyl (C=O) groups excluding carboxylic acids is 1. The van der Waals surface area contributed by atoms with Crippen molar-refractivity contribution in [3.63, 3.8) is 0 Å². The maximum absolute atomic E-state index is 13.0. The smallest absolute Gasteiger partial charge is 0.340 e. The van der Waals surface area contributed by atoms with Crippen molar-refractivity contribution in [1.82, 2.24) is 15.3 Å². The fraction of sp³-hybridized carbons (Fsp3) is 0.400. The standard InChI is InChI=1S/C20H26N4O2S/c1-3-15-8-5-9-16(4-2)18(15)22-19(25)23-11-7-12-24(23)20(27)21-14-17-10-6-13-26-17/h5-6,8-10,13H,3-4,7,11-12,14H2,1-2H3,(H,21,27)(H,22,25). The van der Waals surface area contributed by atoms with Gasteiger partial charge in [-0.25, -0.2) is 9.80 Å². The van der Waals surface area contributed by atoms with Gasteiger partial charge in [0.1, 0.15) is 5.76 Å². The van der Waals surface area contributed by atoms with Gasteiger partial charge in [0.2, 0.25) is 0 Å². The molecule has 0 atom stereocenters. The fourth-order valence-corrected chi connectivity index (χ4v) is 3.54. The molecule has 0 spiro atoms. The van der Waals surface area contributed by atoms with Gasteiger partial charge in [0, 0.05) is 18.8 Å². The Hall–Kier alpha value is -2.54. The second kappa shape index (κ2) is 8.90. The van der Waals surface area contributed by atoms with E-state index in [2.05, 4.69) is 36.6 Å². The molecule has 7 heteroatoms. The lowest BCUT2D eigenvalue weighted by Gasteiger charge is -2.30. The Morgan fingerprint density at radius 1 is 1.11 bits per heavy atom. The van der Waals surface area contributed by atoms with Gasteiger partial charge in [0.05, 0.1) is 12.8 Å². The molecule has 144 valence electrons. The largest absolute Gasteiger partial charge is 0.467 e. The number of thiocarbonyl (C=S) groups is 1. The minimum atomic E-state index is -0.148. The Morgan fingerprint density at radius 3 is 2.44 bits per heavy atom. The lowest BCUT2D eigenvalue weighted by Crippen LogP contribution is -2.50. The fourth-order valence-electron chi connectivity index (χ4n) is 3.28. The summed E-state index contributed by atoms with van der Waals surface area (Å²) in [6, 6.07) is 9.75. The molecule has 0 unspecified atom stereocenters. The quantitative estimate of drug-likeness (QED) is 0.763. The molecule has 6 nitrogen and oxygen atoms in total. The summed E-state index contributed by atoms with van der Waals surface area (Å²) in [5.74, 6) is 0.803. The van der Waals surface area contributed by atoms with E-state index in [0.717, 1.165) is 41.8 Å². The van der Waals surface area contributed by atoms with E-state index in [9.17, 15) is 4.79 Å². The van der Waals surface area contributed by atoms with Crippen LogP contribution in [-0.2, 0) is 19.4 Å². The van der Waals surface area contributed by atoms with Crippen molar-refractivity contribution in [2.75, 3.05) is 18.4 Å². The van der Waals surface area contributed by atoms with Gasteiger partial charge in [0.25, 0.3) is 0 Å². The van der Waals surface area contributed by atoms with Gasteiger partial charge in [0.15, 0.2) is 5.11 Å². The van der Waals surface area contributed by atoms with E-state index >= 15 is 0 Å². The zero-order valence-corrected chi connectivity index (χ0v) is 16.6. The number of aryl methyl sites for hydroxylation is 2. The molecule has 2 aromatic rings. The van der Waals surface area contributed by atoms with E-state index < -0.39 is 0 Å². The molecule has 1 aromatic carbocycles. The zero-order chi connectivity index (χ0) is 19.2. The molecule has 0 radical (unpaired) electrons. The van der Waals surface area contributed by atoms with Gasteiger partial charge in [-0.2, -0.15) is 0 Å². The minimum Gasteiger partial charge on any atom is -0.467 e. The molecule has 0 saturated carbocycles. The van der Waals surface area contributed by atoms with Crippen LogP contribution >= 0.6 is 12.2 Å². The number of carbonyl (C=O) groups is 1. The maximum Gasteiger partial charge on any atom is 0.340 e. The second-order valence-corrected chi connectivity index (χ2v) is 6.81. The summed E-state index contributed by atoms with van der Waals surface area (Å²) >= 11 is 5.50. The Morgan fingerprint density at radius 2 is 1.81 bits per heavy atom. The third-order valence-corrected chi connectivity index (χ3v) is 5.08. The molecule has 1 saturated heterocycles. The Kier molecular flexibility index (Phi) is 6.34. The molecule has 1 aromatic heterocycles. The molecule has 1 fully saturated rings. The topological polar surface area (TPSA) is 60.8 Å². The first-order chi connectivity index (χ1) is 13.1. The van der Waals surface area contributed by atoms with Crippen molar-refractivity contribution in [2.24, 2.45) is 0 Å². The lowest BCUT2D eigenvalue weighted by molar-refractivity contribution is 0.135. The highest BCUT2D eigenvalue weighted by Crippen LogP contribution is 2.24. The van der Waals surface area contributed by atoms with Crippen molar-refractivity contribution in [3.8, 4) is 0 Å². The number of hydrazine groups is 1. The predicted octanol–water partition coefficient (Wildman–Crippen LogP) is 3.93. The first-order valence-corrected chi connectivity index (χ1v) is 9.81. The molecule has 2 amide bonds. The van der Waals surface area contributed by atoms with E-state index in [1.54, 1.807) is 11.3 Å². The van der Waals surface area contributed by atoms with Crippen molar-refractivity contribution in [2.45, 2.75) is 39.7 Å². The first-order valence-electron chi connectivity index (χ1n) is 9.41. The highest BCUT2D eigenvalue weighted by molar-refractivity contribution is 7.80. The summed E-state index contributed by atoms with van der Waals surface area (Å²) in [4.78, 5) is 13.0. The minimum absolute atomic E-state index is 0.148. The zero-order valence-electron chi connectivity index (χ0n) is 15.8. The third kappa shape index (κ3) is 4.42. The normalized spacial score (nSPS) is 13.7. The molecule has 3 rings (SSSR count). The van der Waals surface area contributed by atoms with E-state index in [0.29, 0.717) is 24.7 Å². The van der Waals surface area contributed by atoms with Crippen molar-refractivity contribution in [1.29, 1.82) is 0 Å². The summed E-state index contributed by atoms with van der Waals surface area (Å²) in [5.41, 5.74) is 3.22. The van der Waals surface area contributed by atoms with Gasteiger partial charge in [-0.15, -0.1) is 0 Å². The molecule has 1 aliphatic heterocycles. The first kappa shape index (κ1) is 19.2. The number of benzene rings is 1. The van der Waals surface area contributed by atoms with Gasteiger partial charge >= 0.3 is 6.03 Å². The summed E-state index contributed by atoms with van der Waals surface area (Å²) in [5, 5.41) is 10.3. The summed E-state index contributed by atoms with van der Waals surface area (Å²) in [7, 11) is 0. The van der Waals surface area contributed by atoms with Crippen LogP contribution in [0.1, 0.15) is 37.2 Å². The van der Waals surface area contributed by atoms with Crippen LogP contribution in [0.25, 0.3) is 0 Å². The van der Waals surface area contributed by atoms with E-state index in [4.69, 9.17) is 16.6 Å². The summed E-state index contributed by atoms with van der Waals surface area (Å²) in [6.45, 7) is 6.05. The van der Waals surface area contributed by atoms with Crippen LogP contribution < -0.4 is 10.6 Å². The van der Waals surface area contributed by atoms with Crippen LogP contribution in [-0.4, -0.2) is 34.3 Å². The third-order valence-electron chi connectivity index (χ3n) is 4.72. The van der Waals surface area contributed by atoms with Gasteiger partial charge in [-0.3, -0.25) is 5.01 Å². The Bertz CT molecular complexity index is 769. The molecule has 0 aliphatic carbocycles. The number of nitrogens with one attached hydrogen (secondary N) is 2. The predicted molar refractivity (Wildman–Crippen MR) is 110 cm³/mol. The van der Waals surface area contributed by atoms with Crippen LogP contribution in [0.4, 0.5) is 10.5 Å². The maximum atomic E-state index is 13.0. The number of amides is 2. The van der Waals surface area contributed by atoms with Gasteiger partial charge < -0.3 is 15.1 Å². The summed E-state index contributed by atoms with van der Waals surface area (Å²) in [6.07, 6.45) is 4.25. The number of furan rings is 1. The molecule has 1 aliphatic rings. The average Bonchev–Trinajstić information content (AvgIpc) is 3.38. The Labute approximate surface area is 165 Å². The Balaban J connectivity index is 1.68. The highest BCUT2D eigenvalue weighted by atomic mass is 32.1. The second-order valence-electron chi connectivity index (χ2n) is 6.43.